The summed E-state index contributed by atoms with van der Waals surface area (Å²) in [4.78, 5) is 0. The van der Waals surface area contributed by atoms with Crippen LogP contribution in [-0.2, 0) is 0 Å². The van der Waals surface area contributed by atoms with E-state index in [1.165, 1.54) is 5.56 Å². The van der Waals surface area contributed by atoms with Crippen LogP contribution < -0.4 is 10.5 Å². The van der Waals surface area contributed by atoms with E-state index in [0.29, 0.717) is 6.61 Å². The fourth-order valence-corrected chi connectivity index (χ4v) is 1.43. The average molecular weight is 270 g/mol. The van der Waals surface area contributed by atoms with Crippen molar-refractivity contribution >= 4 is 15.9 Å². The highest BCUT2D eigenvalue weighted by Gasteiger charge is 2.08. The molecule has 0 fully saturated rings. The summed E-state index contributed by atoms with van der Waals surface area (Å²) in [5, 5.41) is 0. The molecule has 0 saturated carbocycles. The molecule has 0 bridgehead atoms. The van der Waals surface area contributed by atoms with E-state index in [2.05, 4.69) is 28.6 Å². The minimum absolute atomic E-state index is 0.0245. The van der Waals surface area contributed by atoms with Gasteiger partial charge in [0, 0.05) is 16.1 Å². The fraction of sp³-hybridized carbons (Fsp3) is 0.333. The SMILES string of the molecule is C=C(Br)COc1ccc(C)cc1C(C)N. The monoisotopic (exact) mass is 269 g/mol. The third-order valence-electron chi connectivity index (χ3n) is 2.04. The van der Waals surface area contributed by atoms with Crippen LogP contribution in [0.5, 0.6) is 5.75 Å². The number of benzene rings is 1. The number of nitrogens with two attached hydrogens (primary N) is 1. The molecule has 0 aliphatic heterocycles. The van der Waals surface area contributed by atoms with Gasteiger partial charge in [-0.15, -0.1) is 0 Å². The molecule has 1 aromatic carbocycles. The Bertz CT molecular complexity index is 361. The van der Waals surface area contributed by atoms with Crippen LogP contribution in [0.3, 0.4) is 0 Å². The molecule has 0 heterocycles. The van der Waals surface area contributed by atoms with Crippen molar-refractivity contribution in [2.45, 2.75) is 19.9 Å². The average Bonchev–Trinajstić information content (AvgIpc) is 2.15. The van der Waals surface area contributed by atoms with Crippen molar-refractivity contribution < 1.29 is 4.74 Å². The van der Waals surface area contributed by atoms with E-state index in [0.717, 1.165) is 15.8 Å². The topological polar surface area (TPSA) is 35.2 Å². The van der Waals surface area contributed by atoms with E-state index < -0.39 is 0 Å². The second kappa shape index (κ2) is 5.33. The first-order valence-electron chi connectivity index (χ1n) is 4.83. The molecule has 1 atom stereocenters. The van der Waals surface area contributed by atoms with Crippen LogP contribution in [0.25, 0.3) is 0 Å². The second-order valence-corrected chi connectivity index (χ2v) is 4.76. The van der Waals surface area contributed by atoms with E-state index in [4.69, 9.17) is 10.5 Å². The van der Waals surface area contributed by atoms with Crippen molar-refractivity contribution in [1.82, 2.24) is 0 Å². The van der Waals surface area contributed by atoms with Crippen LogP contribution in [-0.4, -0.2) is 6.61 Å². The zero-order valence-electron chi connectivity index (χ0n) is 9.09. The Labute approximate surface area is 99.3 Å². The third-order valence-corrected chi connectivity index (χ3v) is 2.27. The maximum absolute atomic E-state index is 5.88. The van der Waals surface area contributed by atoms with Gasteiger partial charge in [0.1, 0.15) is 12.4 Å². The van der Waals surface area contributed by atoms with Crippen LogP contribution in [0.2, 0.25) is 0 Å². The van der Waals surface area contributed by atoms with Gasteiger partial charge in [0.2, 0.25) is 0 Å². The van der Waals surface area contributed by atoms with Crippen molar-refractivity contribution in [2.24, 2.45) is 5.73 Å². The molecule has 1 aromatic rings. The van der Waals surface area contributed by atoms with Crippen molar-refractivity contribution in [1.29, 1.82) is 0 Å². The largest absolute Gasteiger partial charge is 0.488 e. The van der Waals surface area contributed by atoms with Crippen LogP contribution in [0.15, 0.2) is 29.3 Å². The summed E-state index contributed by atoms with van der Waals surface area (Å²) in [7, 11) is 0. The minimum atomic E-state index is -0.0245. The Hall–Kier alpha value is -0.800. The van der Waals surface area contributed by atoms with Crippen molar-refractivity contribution in [3.63, 3.8) is 0 Å². The van der Waals surface area contributed by atoms with Gasteiger partial charge in [0.05, 0.1) is 0 Å². The summed E-state index contributed by atoms with van der Waals surface area (Å²) in [6, 6.07) is 5.99. The Balaban J connectivity index is 2.90. The van der Waals surface area contributed by atoms with E-state index in [-0.39, 0.29) is 6.04 Å². The molecule has 0 aliphatic carbocycles. The number of rotatable bonds is 4. The Morgan fingerprint density at radius 3 is 2.80 bits per heavy atom. The van der Waals surface area contributed by atoms with Gasteiger partial charge in [-0.2, -0.15) is 0 Å². The van der Waals surface area contributed by atoms with Gasteiger partial charge in [-0.1, -0.05) is 40.2 Å². The first kappa shape index (κ1) is 12.3. The molecule has 1 rings (SSSR count). The quantitative estimate of drug-likeness (QED) is 0.911. The van der Waals surface area contributed by atoms with Gasteiger partial charge in [-0.3, -0.25) is 0 Å². The molecule has 1 unspecified atom stereocenters. The molecule has 2 nitrogen and oxygen atoms in total. The molecule has 15 heavy (non-hydrogen) atoms. The Kier molecular flexibility index (Phi) is 4.36. The van der Waals surface area contributed by atoms with Crippen LogP contribution in [0.4, 0.5) is 0 Å². The zero-order chi connectivity index (χ0) is 11.4. The van der Waals surface area contributed by atoms with Gasteiger partial charge in [0.25, 0.3) is 0 Å². The van der Waals surface area contributed by atoms with Crippen molar-refractivity contribution in [3.8, 4) is 5.75 Å². The van der Waals surface area contributed by atoms with Gasteiger partial charge in [-0.25, -0.2) is 0 Å². The maximum atomic E-state index is 5.88. The van der Waals surface area contributed by atoms with Crippen LogP contribution >= 0.6 is 15.9 Å². The lowest BCUT2D eigenvalue weighted by atomic mass is 10.1. The van der Waals surface area contributed by atoms with E-state index in [1.54, 1.807) is 0 Å². The molecule has 0 aromatic heterocycles. The lowest BCUT2D eigenvalue weighted by Crippen LogP contribution is -2.09. The molecule has 0 saturated heterocycles. The second-order valence-electron chi connectivity index (χ2n) is 3.64. The highest BCUT2D eigenvalue weighted by atomic mass is 79.9. The molecule has 82 valence electrons. The van der Waals surface area contributed by atoms with Crippen molar-refractivity contribution in [2.75, 3.05) is 6.61 Å². The lowest BCUT2D eigenvalue weighted by molar-refractivity contribution is 0.355. The smallest absolute Gasteiger partial charge is 0.124 e. The first-order valence-corrected chi connectivity index (χ1v) is 5.62. The molecule has 3 heteroatoms. The third kappa shape index (κ3) is 3.68. The van der Waals surface area contributed by atoms with E-state index in [1.807, 2.05) is 26.0 Å². The summed E-state index contributed by atoms with van der Waals surface area (Å²) in [6.45, 7) is 8.17. The molecule has 0 amide bonds. The van der Waals surface area contributed by atoms with E-state index in [9.17, 15) is 0 Å². The normalized spacial score (nSPS) is 12.3. The Morgan fingerprint density at radius 2 is 2.27 bits per heavy atom. The van der Waals surface area contributed by atoms with Crippen LogP contribution in [0, 0.1) is 6.92 Å². The van der Waals surface area contributed by atoms with Gasteiger partial charge in [-0.05, 0) is 19.9 Å². The number of hydrogen-bond donors (Lipinski definition) is 1. The summed E-state index contributed by atoms with van der Waals surface area (Å²) < 4.78 is 6.41. The number of aryl methyl sites for hydroxylation is 1. The first-order chi connectivity index (χ1) is 7.00. The Morgan fingerprint density at radius 1 is 1.60 bits per heavy atom. The number of halogens is 1. The van der Waals surface area contributed by atoms with E-state index >= 15 is 0 Å². The molecular formula is C12H16BrNO. The summed E-state index contributed by atoms with van der Waals surface area (Å²) in [5.41, 5.74) is 8.09. The number of ether oxygens (including phenoxy) is 1. The maximum Gasteiger partial charge on any atom is 0.124 e. The van der Waals surface area contributed by atoms with Crippen molar-refractivity contribution in [3.05, 3.63) is 40.4 Å². The highest BCUT2D eigenvalue weighted by molar-refractivity contribution is 9.11. The molecule has 2 N–H and O–H groups in total. The molecule has 0 radical (unpaired) electrons. The van der Waals surface area contributed by atoms with Gasteiger partial charge >= 0.3 is 0 Å². The molecule has 0 spiro atoms. The summed E-state index contributed by atoms with van der Waals surface area (Å²) >= 11 is 3.26. The summed E-state index contributed by atoms with van der Waals surface area (Å²) in [6.07, 6.45) is 0. The predicted molar refractivity (Wildman–Crippen MR) is 67.3 cm³/mol. The minimum Gasteiger partial charge on any atom is -0.488 e. The highest BCUT2D eigenvalue weighted by Crippen LogP contribution is 2.25. The van der Waals surface area contributed by atoms with Gasteiger partial charge < -0.3 is 10.5 Å². The van der Waals surface area contributed by atoms with Crippen LogP contribution in [0.1, 0.15) is 24.1 Å². The standard InChI is InChI=1S/C12H16BrNO/c1-8-4-5-12(15-7-9(2)13)11(6-8)10(3)14/h4-6,10H,2,7,14H2,1,3H3. The zero-order valence-corrected chi connectivity index (χ0v) is 10.7. The fourth-order valence-electron chi connectivity index (χ4n) is 1.31. The molecule has 0 aliphatic rings. The molecular weight excluding hydrogens is 254 g/mol. The lowest BCUT2D eigenvalue weighted by Gasteiger charge is -2.14. The summed E-state index contributed by atoms with van der Waals surface area (Å²) in [5.74, 6) is 0.830. The number of hydrogen-bond acceptors (Lipinski definition) is 2. The van der Waals surface area contributed by atoms with Gasteiger partial charge in [0.15, 0.2) is 0 Å². The predicted octanol–water partition coefficient (Wildman–Crippen LogP) is 3.30.